The van der Waals surface area contributed by atoms with Gasteiger partial charge in [-0.1, -0.05) is 0 Å². The number of carbonyl (C=O) groups excluding carboxylic acids is 1. The third-order valence-electron chi connectivity index (χ3n) is 3.74. The molecule has 1 aromatic rings. The molecular weight excluding hydrogens is 332 g/mol. The van der Waals surface area contributed by atoms with E-state index in [-0.39, 0.29) is 18.9 Å². The highest BCUT2D eigenvalue weighted by atomic mass is 35.7. The molecule has 2 saturated heterocycles. The average molecular weight is 347 g/mol. The highest BCUT2D eigenvalue weighted by Gasteiger charge is 2.38. The summed E-state index contributed by atoms with van der Waals surface area (Å²) >= 11 is 0. The number of hydrogen-bond donors (Lipinski definition) is 0. The fourth-order valence-electron chi connectivity index (χ4n) is 2.53. The van der Waals surface area contributed by atoms with Crippen LogP contribution >= 0.6 is 10.7 Å². The van der Waals surface area contributed by atoms with E-state index in [9.17, 15) is 13.2 Å². The molecule has 2 fully saturated rings. The maximum Gasteiger partial charge on any atom is 0.237 e. The SMILES string of the molecule is O=C1CC(S(=O)(=O)Cl)CN1c1cc(N2CCOCC2)ncn1. The lowest BCUT2D eigenvalue weighted by Crippen LogP contribution is -2.37. The number of nitrogens with zero attached hydrogens (tertiary/aromatic N) is 4. The van der Waals surface area contributed by atoms with Gasteiger partial charge in [0.25, 0.3) is 0 Å². The smallest absolute Gasteiger partial charge is 0.237 e. The van der Waals surface area contributed by atoms with Gasteiger partial charge in [-0.2, -0.15) is 0 Å². The van der Waals surface area contributed by atoms with E-state index in [2.05, 4.69) is 9.97 Å². The zero-order valence-electron chi connectivity index (χ0n) is 11.7. The summed E-state index contributed by atoms with van der Waals surface area (Å²) in [4.78, 5) is 23.7. The molecular formula is C12H15ClN4O4S. The van der Waals surface area contributed by atoms with Crippen LogP contribution in [0.25, 0.3) is 0 Å². The predicted molar refractivity (Wildman–Crippen MR) is 80.6 cm³/mol. The van der Waals surface area contributed by atoms with Crippen molar-refractivity contribution in [2.45, 2.75) is 11.7 Å². The molecule has 1 atom stereocenters. The van der Waals surface area contributed by atoms with Crippen LogP contribution < -0.4 is 9.80 Å². The molecule has 8 nitrogen and oxygen atoms in total. The Morgan fingerprint density at radius 3 is 2.55 bits per heavy atom. The number of hydrogen-bond acceptors (Lipinski definition) is 7. The molecule has 0 spiro atoms. The molecule has 0 bridgehead atoms. The van der Waals surface area contributed by atoms with Crippen LogP contribution in [0, 0.1) is 0 Å². The van der Waals surface area contributed by atoms with E-state index < -0.39 is 14.3 Å². The molecule has 2 aliphatic heterocycles. The first kappa shape index (κ1) is 15.4. The van der Waals surface area contributed by atoms with E-state index in [0.717, 1.165) is 0 Å². The summed E-state index contributed by atoms with van der Waals surface area (Å²) in [5, 5.41) is -0.900. The van der Waals surface area contributed by atoms with Crippen LogP contribution in [0.5, 0.6) is 0 Å². The first-order valence-corrected chi connectivity index (χ1v) is 9.21. The quantitative estimate of drug-likeness (QED) is 0.710. The molecule has 2 aliphatic rings. The Morgan fingerprint density at radius 1 is 1.23 bits per heavy atom. The lowest BCUT2D eigenvalue weighted by molar-refractivity contribution is -0.117. The minimum absolute atomic E-state index is 0.0181. The van der Waals surface area contributed by atoms with Crippen LogP contribution in [-0.4, -0.2) is 62.4 Å². The molecule has 0 aliphatic carbocycles. The van der Waals surface area contributed by atoms with Gasteiger partial charge in [0.15, 0.2) is 0 Å². The summed E-state index contributed by atoms with van der Waals surface area (Å²) < 4.78 is 28.1. The summed E-state index contributed by atoms with van der Waals surface area (Å²) in [5.41, 5.74) is 0. The maximum atomic E-state index is 12.0. The van der Waals surface area contributed by atoms with Crippen molar-refractivity contribution >= 4 is 37.3 Å². The molecule has 22 heavy (non-hydrogen) atoms. The molecule has 3 heterocycles. The van der Waals surface area contributed by atoms with Gasteiger partial charge in [0.05, 0.1) is 13.2 Å². The Labute approximate surface area is 132 Å². The average Bonchev–Trinajstić information content (AvgIpc) is 2.90. The van der Waals surface area contributed by atoms with Crippen LogP contribution in [0.4, 0.5) is 11.6 Å². The third kappa shape index (κ3) is 3.16. The second kappa shape index (κ2) is 5.98. The van der Waals surface area contributed by atoms with E-state index >= 15 is 0 Å². The number of rotatable bonds is 3. The number of carbonyl (C=O) groups is 1. The molecule has 1 aromatic heterocycles. The molecule has 10 heteroatoms. The fourth-order valence-corrected chi connectivity index (χ4v) is 3.56. The second-order valence-corrected chi connectivity index (χ2v) is 8.05. The normalized spacial score (nSPS) is 23.1. The minimum atomic E-state index is -3.77. The van der Waals surface area contributed by atoms with Gasteiger partial charge in [-0.15, -0.1) is 0 Å². The number of ether oxygens (including phenoxy) is 1. The predicted octanol–water partition coefficient (Wildman–Crippen LogP) is -0.0129. The molecule has 0 aromatic carbocycles. The van der Waals surface area contributed by atoms with Crippen molar-refractivity contribution in [3.63, 3.8) is 0 Å². The molecule has 0 N–H and O–H groups in total. The van der Waals surface area contributed by atoms with Gasteiger partial charge in [-0.05, 0) is 0 Å². The number of aromatic nitrogens is 2. The van der Waals surface area contributed by atoms with Crippen molar-refractivity contribution < 1.29 is 17.9 Å². The van der Waals surface area contributed by atoms with Crippen LogP contribution in [0.15, 0.2) is 12.4 Å². The largest absolute Gasteiger partial charge is 0.378 e. The molecule has 0 radical (unpaired) electrons. The van der Waals surface area contributed by atoms with E-state index in [1.54, 1.807) is 6.07 Å². The highest BCUT2D eigenvalue weighted by Crippen LogP contribution is 2.27. The van der Waals surface area contributed by atoms with Crippen molar-refractivity contribution in [2.24, 2.45) is 0 Å². The summed E-state index contributed by atoms with van der Waals surface area (Å²) in [5.74, 6) is 0.781. The van der Waals surface area contributed by atoms with Crippen molar-refractivity contribution in [3.05, 3.63) is 12.4 Å². The van der Waals surface area contributed by atoms with E-state index in [0.29, 0.717) is 37.9 Å². The number of anilines is 2. The standard InChI is InChI=1S/C12H15ClN4O4S/c13-22(19,20)9-5-12(18)17(7-9)11-6-10(14-8-15-11)16-1-3-21-4-2-16/h6,8-9H,1-5,7H2. The van der Waals surface area contributed by atoms with Crippen LogP contribution in [0.3, 0.4) is 0 Å². The second-order valence-electron chi connectivity index (χ2n) is 5.14. The van der Waals surface area contributed by atoms with Crippen molar-refractivity contribution in [1.82, 2.24) is 9.97 Å². The lowest BCUT2D eigenvalue weighted by Gasteiger charge is -2.28. The van der Waals surface area contributed by atoms with Crippen LogP contribution in [0.2, 0.25) is 0 Å². The summed E-state index contributed by atoms with van der Waals surface area (Å²) in [6.07, 6.45) is 1.25. The summed E-state index contributed by atoms with van der Waals surface area (Å²) in [6.45, 7) is 2.68. The first-order valence-electron chi connectivity index (χ1n) is 6.84. The van der Waals surface area contributed by atoms with Gasteiger partial charge in [0, 0.05) is 42.8 Å². The van der Waals surface area contributed by atoms with Gasteiger partial charge in [-0.25, -0.2) is 18.4 Å². The molecule has 120 valence electrons. The van der Waals surface area contributed by atoms with Crippen LogP contribution in [0.1, 0.15) is 6.42 Å². The summed E-state index contributed by atoms with van der Waals surface area (Å²) in [7, 11) is 1.58. The Balaban J connectivity index is 1.81. The van der Waals surface area contributed by atoms with Crippen molar-refractivity contribution in [3.8, 4) is 0 Å². The minimum Gasteiger partial charge on any atom is -0.378 e. The zero-order valence-corrected chi connectivity index (χ0v) is 13.3. The first-order chi connectivity index (χ1) is 10.4. The Bertz CT molecular complexity index is 677. The monoisotopic (exact) mass is 346 g/mol. The maximum absolute atomic E-state index is 12.0. The lowest BCUT2D eigenvalue weighted by atomic mass is 10.4. The molecule has 0 saturated carbocycles. The molecule has 3 rings (SSSR count). The highest BCUT2D eigenvalue weighted by molar-refractivity contribution is 8.14. The Kier molecular flexibility index (Phi) is 4.20. The van der Waals surface area contributed by atoms with Gasteiger partial charge in [0.2, 0.25) is 15.0 Å². The third-order valence-corrected chi connectivity index (χ3v) is 5.61. The molecule has 1 unspecified atom stereocenters. The molecule has 1 amide bonds. The van der Waals surface area contributed by atoms with Crippen molar-refractivity contribution in [2.75, 3.05) is 42.6 Å². The van der Waals surface area contributed by atoms with E-state index in [1.165, 1.54) is 11.2 Å². The Hall–Kier alpha value is -1.45. The Morgan fingerprint density at radius 2 is 1.91 bits per heavy atom. The topological polar surface area (TPSA) is 92.7 Å². The zero-order chi connectivity index (χ0) is 15.7. The number of morpholine rings is 1. The van der Waals surface area contributed by atoms with Crippen molar-refractivity contribution in [1.29, 1.82) is 0 Å². The van der Waals surface area contributed by atoms with Gasteiger partial charge < -0.3 is 9.64 Å². The van der Waals surface area contributed by atoms with Gasteiger partial charge >= 0.3 is 0 Å². The fraction of sp³-hybridized carbons (Fsp3) is 0.583. The van der Waals surface area contributed by atoms with E-state index in [4.69, 9.17) is 15.4 Å². The number of halogens is 1. The number of amides is 1. The van der Waals surface area contributed by atoms with Crippen LogP contribution in [-0.2, 0) is 18.6 Å². The van der Waals surface area contributed by atoms with Gasteiger partial charge in [0.1, 0.15) is 23.2 Å². The van der Waals surface area contributed by atoms with E-state index in [1.807, 2.05) is 4.90 Å². The summed E-state index contributed by atoms with van der Waals surface area (Å²) in [6, 6.07) is 1.69. The van der Waals surface area contributed by atoms with Gasteiger partial charge in [-0.3, -0.25) is 9.69 Å².